The Morgan fingerprint density at radius 3 is 2.56 bits per heavy atom. The van der Waals surface area contributed by atoms with Crippen LogP contribution >= 0.6 is 0 Å². The highest BCUT2D eigenvalue weighted by Crippen LogP contribution is 2.11. The second kappa shape index (κ2) is 5.12. The first kappa shape index (κ1) is 13.1. The minimum Gasteiger partial charge on any atom is -0.459 e. The van der Waals surface area contributed by atoms with Crippen LogP contribution in [0.5, 0.6) is 0 Å². The van der Waals surface area contributed by atoms with Gasteiger partial charge in [0.05, 0.1) is 11.9 Å². The molecule has 5 heteroatoms. The van der Waals surface area contributed by atoms with Crippen molar-refractivity contribution in [3.05, 3.63) is 24.2 Å². The number of piperazine rings is 1. The van der Waals surface area contributed by atoms with Crippen molar-refractivity contribution in [2.24, 2.45) is 0 Å². The third-order valence-corrected chi connectivity index (χ3v) is 3.00. The van der Waals surface area contributed by atoms with Gasteiger partial charge in [0, 0.05) is 32.7 Å². The van der Waals surface area contributed by atoms with Crippen molar-refractivity contribution in [1.82, 2.24) is 9.80 Å². The average molecular weight is 252 g/mol. The summed E-state index contributed by atoms with van der Waals surface area (Å²) in [5.41, 5.74) is -0.687. The third-order valence-electron chi connectivity index (χ3n) is 3.00. The van der Waals surface area contributed by atoms with Crippen LogP contribution in [-0.4, -0.2) is 59.1 Å². The molecule has 0 unspecified atom stereocenters. The fraction of sp³-hybridized carbons (Fsp3) is 0.615. The maximum atomic E-state index is 12.0. The van der Waals surface area contributed by atoms with Crippen LogP contribution in [0.2, 0.25) is 0 Å². The molecular formula is C13H20N2O3. The topological polar surface area (TPSA) is 56.9 Å². The first-order valence-electron chi connectivity index (χ1n) is 6.23. The molecule has 1 aliphatic rings. The van der Waals surface area contributed by atoms with Gasteiger partial charge in [-0.2, -0.15) is 0 Å². The monoisotopic (exact) mass is 252 g/mol. The van der Waals surface area contributed by atoms with Crippen LogP contribution in [0.15, 0.2) is 22.8 Å². The van der Waals surface area contributed by atoms with Crippen molar-refractivity contribution in [3.8, 4) is 0 Å². The number of hydrogen-bond acceptors (Lipinski definition) is 4. The van der Waals surface area contributed by atoms with Gasteiger partial charge in [0.15, 0.2) is 5.76 Å². The number of carbonyl (C=O) groups is 1. The zero-order valence-corrected chi connectivity index (χ0v) is 10.9. The van der Waals surface area contributed by atoms with E-state index in [1.54, 1.807) is 30.9 Å². The molecule has 2 rings (SSSR count). The first-order valence-corrected chi connectivity index (χ1v) is 6.23. The van der Waals surface area contributed by atoms with Gasteiger partial charge in [-0.25, -0.2) is 0 Å². The van der Waals surface area contributed by atoms with Gasteiger partial charge in [-0.15, -0.1) is 0 Å². The minimum absolute atomic E-state index is 0.0529. The van der Waals surface area contributed by atoms with Crippen molar-refractivity contribution < 1.29 is 14.3 Å². The Hall–Kier alpha value is -1.33. The van der Waals surface area contributed by atoms with Crippen molar-refractivity contribution in [2.45, 2.75) is 19.4 Å². The van der Waals surface area contributed by atoms with E-state index in [2.05, 4.69) is 4.90 Å². The van der Waals surface area contributed by atoms with Crippen LogP contribution in [-0.2, 0) is 0 Å². The number of furan rings is 1. The lowest BCUT2D eigenvalue weighted by Gasteiger charge is -2.36. The smallest absolute Gasteiger partial charge is 0.289 e. The van der Waals surface area contributed by atoms with E-state index in [4.69, 9.17) is 4.42 Å². The molecule has 0 spiro atoms. The SMILES string of the molecule is CC(C)(O)CN1CCN(C(=O)c2ccco2)CC1. The van der Waals surface area contributed by atoms with Crippen molar-refractivity contribution in [1.29, 1.82) is 0 Å². The van der Waals surface area contributed by atoms with Gasteiger partial charge in [0.2, 0.25) is 0 Å². The Bertz CT molecular complexity index is 387. The van der Waals surface area contributed by atoms with Crippen LogP contribution < -0.4 is 0 Å². The molecule has 0 aromatic carbocycles. The summed E-state index contributed by atoms with van der Waals surface area (Å²) in [5.74, 6) is 0.342. The van der Waals surface area contributed by atoms with Crippen LogP contribution in [0.3, 0.4) is 0 Å². The fourth-order valence-electron chi connectivity index (χ4n) is 2.21. The standard InChI is InChI=1S/C13H20N2O3/c1-13(2,17)10-14-5-7-15(8-6-14)12(16)11-4-3-9-18-11/h3-4,9,17H,5-8,10H2,1-2H3. The maximum Gasteiger partial charge on any atom is 0.289 e. The highest BCUT2D eigenvalue weighted by Gasteiger charge is 2.26. The summed E-state index contributed by atoms with van der Waals surface area (Å²) in [4.78, 5) is 16.0. The molecule has 100 valence electrons. The van der Waals surface area contributed by atoms with Gasteiger partial charge < -0.3 is 14.4 Å². The van der Waals surface area contributed by atoms with Crippen molar-refractivity contribution in [3.63, 3.8) is 0 Å². The van der Waals surface area contributed by atoms with Crippen LogP contribution in [0.1, 0.15) is 24.4 Å². The van der Waals surface area contributed by atoms with E-state index in [0.717, 1.165) is 13.1 Å². The Balaban J connectivity index is 1.85. The van der Waals surface area contributed by atoms with Crippen molar-refractivity contribution >= 4 is 5.91 Å². The lowest BCUT2D eigenvalue weighted by atomic mass is 10.1. The molecule has 1 aromatic rings. The number of β-amino-alcohol motifs (C(OH)–C–C–N with tert-alkyl or cyclic N) is 1. The maximum absolute atomic E-state index is 12.0. The minimum atomic E-state index is -0.687. The number of rotatable bonds is 3. The molecule has 1 amide bonds. The average Bonchev–Trinajstić information content (AvgIpc) is 2.80. The molecule has 0 saturated carbocycles. The van der Waals surface area contributed by atoms with E-state index in [1.807, 2.05) is 0 Å². The van der Waals surface area contributed by atoms with Gasteiger partial charge in [0.25, 0.3) is 5.91 Å². The molecule has 1 fully saturated rings. The van der Waals surface area contributed by atoms with Crippen LogP contribution in [0, 0.1) is 0 Å². The second-order valence-corrected chi connectivity index (χ2v) is 5.36. The molecule has 0 bridgehead atoms. The first-order chi connectivity index (χ1) is 8.46. The lowest BCUT2D eigenvalue weighted by molar-refractivity contribution is 0.0172. The number of carbonyl (C=O) groups excluding carboxylic acids is 1. The summed E-state index contributed by atoms with van der Waals surface area (Å²) in [7, 11) is 0. The van der Waals surface area contributed by atoms with E-state index in [1.165, 1.54) is 6.26 Å². The molecular weight excluding hydrogens is 232 g/mol. The summed E-state index contributed by atoms with van der Waals surface area (Å²) in [5, 5.41) is 9.76. The van der Waals surface area contributed by atoms with Gasteiger partial charge in [0.1, 0.15) is 0 Å². The molecule has 5 nitrogen and oxygen atoms in total. The Morgan fingerprint density at radius 2 is 2.06 bits per heavy atom. The normalized spacial score (nSPS) is 18.1. The van der Waals surface area contributed by atoms with E-state index in [-0.39, 0.29) is 5.91 Å². The molecule has 0 radical (unpaired) electrons. The van der Waals surface area contributed by atoms with E-state index >= 15 is 0 Å². The molecule has 0 atom stereocenters. The Morgan fingerprint density at radius 1 is 1.39 bits per heavy atom. The zero-order valence-electron chi connectivity index (χ0n) is 10.9. The Kier molecular flexibility index (Phi) is 3.73. The molecule has 0 aliphatic carbocycles. The quantitative estimate of drug-likeness (QED) is 0.865. The van der Waals surface area contributed by atoms with E-state index in [0.29, 0.717) is 25.4 Å². The van der Waals surface area contributed by atoms with Crippen LogP contribution in [0.4, 0.5) is 0 Å². The zero-order chi connectivity index (χ0) is 13.2. The predicted molar refractivity (Wildman–Crippen MR) is 67.3 cm³/mol. The van der Waals surface area contributed by atoms with Gasteiger partial charge >= 0.3 is 0 Å². The summed E-state index contributed by atoms with van der Waals surface area (Å²) in [6.45, 7) is 7.16. The molecule has 2 heterocycles. The summed E-state index contributed by atoms with van der Waals surface area (Å²) >= 11 is 0. The molecule has 1 aromatic heterocycles. The highest BCUT2D eigenvalue weighted by atomic mass is 16.3. The largest absolute Gasteiger partial charge is 0.459 e. The predicted octanol–water partition coefficient (Wildman–Crippen LogP) is 0.808. The van der Waals surface area contributed by atoms with Gasteiger partial charge in [-0.1, -0.05) is 0 Å². The van der Waals surface area contributed by atoms with Gasteiger partial charge in [-0.05, 0) is 26.0 Å². The van der Waals surface area contributed by atoms with Crippen molar-refractivity contribution in [2.75, 3.05) is 32.7 Å². The summed E-state index contributed by atoms with van der Waals surface area (Å²) < 4.78 is 5.11. The Labute approximate surface area is 107 Å². The summed E-state index contributed by atoms with van der Waals surface area (Å²) in [6.07, 6.45) is 1.51. The molecule has 1 N–H and O–H groups in total. The lowest BCUT2D eigenvalue weighted by Crippen LogP contribution is -2.51. The van der Waals surface area contributed by atoms with Crippen LogP contribution in [0.25, 0.3) is 0 Å². The number of nitrogens with zero attached hydrogens (tertiary/aromatic N) is 2. The number of aliphatic hydroxyl groups is 1. The number of hydrogen-bond donors (Lipinski definition) is 1. The molecule has 1 saturated heterocycles. The second-order valence-electron chi connectivity index (χ2n) is 5.36. The third kappa shape index (κ3) is 3.34. The van der Waals surface area contributed by atoms with E-state index in [9.17, 15) is 9.90 Å². The number of amides is 1. The van der Waals surface area contributed by atoms with Gasteiger partial charge in [-0.3, -0.25) is 9.69 Å². The summed E-state index contributed by atoms with van der Waals surface area (Å²) in [6, 6.07) is 3.41. The fourth-order valence-corrected chi connectivity index (χ4v) is 2.21. The molecule has 18 heavy (non-hydrogen) atoms. The molecule has 1 aliphatic heterocycles. The van der Waals surface area contributed by atoms with E-state index < -0.39 is 5.60 Å². The highest BCUT2D eigenvalue weighted by molar-refractivity contribution is 5.91.